The van der Waals surface area contributed by atoms with Crippen molar-refractivity contribution in [3.05, 3.63) is 76.0 Å². The molecule has 8 heteroatoms. The van der Waals surface area contributed by atoms with Gasteiger partial charge in [-0.05, 0) is 44.2 Å². The van der Waals surface area contributed by atoms with Crippen LogP contribution in [0.3, 0.4) is 0 Å². The van der Waals surface area contributed by atoms with Gasteiger partial charge in [-0.1, -0.05) is 18.2 Å². The number of nitrogens with zero attached hydrogens (tertiary/aromatic N) is 2. The highest BCUT2D eigenvalue weighted by atomic mass is 16.4. The third kappa shape index (κ3) is 3.01. The maximum atomic E-state index is 12.8. The summed E-state index contributed by atoms with van der Waals surface area (Å²) in [4.78, 5) is 39.0. The lowest BCUT2D eigenvalue weighted by molar-refractivity contribution is -0.112. The molecule has 0 unspecified atom stereocenters. The van der Waals surface area contributed by atoms with Gasteiger partial charge in [0.1, 0.15) is 0 Å². The van der Waals surface area contributed by atoms with Gasteiger partial charge in [-0.3, -0.25) is 14.6 Å². The van der Waals surface area contributed by atoms with Crippen molar-refractivity contribution in [2.75, 3.05) is 5.32 Å². The van der Waals surface area contributed by atoms with Crippen molar-refractivity contribution >= 4 is 28.5 Å². The Morgan fingerprint density at radius 1 is 1.11 bits per heavy atom. The van der Waals surface area contributed by atoms with Crippen LogP contribution in [-0.2, 0) is 4.79 Å². The summed E-state index contributed by atoms with van der Waals surface area (Å²) >= 11 is 0. The van der Waals surface area contributed by atoms with Crippen LogP contribution >= 0.6 is 0 Å². The van der Waals surface area contributed by atoms with E-state index in [9.17, 15) is 14.4 Å². The van der Waals surface area contributed by atoms with Crippen molar-refractivity contribution in [2.45, 2.75) is 13.8 Å². The number of aromatic nitrogens is 3. The van der Waals surface area contributed by atoms with Gasteiger partial charge in [-0.15, -0.1) is 0 Å². The molecule has 2 heterocycles. The standard InChI is InChI=1S/C20H16N4O4/c1-11-17(12(2)24(23-11)14-6-4-3-5-7-14)18(25)19(26)21-13-8-9-16-15(10-13)22-20(27)28-16/h3-10H,1-2H3,(H,21,26)(H,22,27). The summed E-state index contributed by atoms with van der Waals surface area (Å²) in [6, 6.07) is 14.0. The van der Waals surface area contributed by atoms with Gasteiger partial charge >= 0.3 is 5.76 Å². The predicted molar refractivity (Wildman–Crippen MR) is 103 cm³/mol. The number of amides is 1. The van der Waals surface area contributed by atoms with Crippen LogP contribution in [0.1, 0.15) is 21.7 Å². The topological polar surface area (TPSA) is 110 Å². The Morgan fingerprint density at radius 2 is 1.86 bits per heavy atom. The molecule has 2 aromatic heterocycles. The van der Waals surface area contributed by atoms with E-state index in [1.807, 2.05) is 30.3 Å². The Morgan fingerprint density at radius 3 is 2.61 bits per heavy atom. The number of hydrogen-bond donors (Lipinski definition) is 2. The highest BCUT2D eigenvalue weighted by Gasteiger charge is 2.25. The largest absolute Gasteiger partial charge is 0.417 e. The number of H-pyrrole nitrogens is 1. The number of fused-ring (bicyclic) bond motifs is 1. The van der Waals surface area contributed by atoms with Crippen LogP contribution in [-0.4, -0.2) is 26.5 Å². The molecule has 0 aliphatic carbocycles. The number of hydrogen-bond acceptors (Lipinski definition) is 5. The second-order valence-corrected chi connectivity index (χ2v) is 6.30. The fraction of sp³-hybridized carbons (Fsp3) is 0.100. The number of aryl methyl sites for hydroxylation is 1. The summed E-state index contributed by atoms with van der Waals surface area (Å²) in [6.45, 7) is 3.44. The first kappa shape index (κ1) is 17.5. The highest BCUT2D eigenvalue weighted by molar-refractivity contribution is 6.47. The average Bonchev–Trinajstić information content (AvgIpc) is 3.19. The number of aromatic amines is 1. The number of carbonyl (C=O) groups excluding carboxylic acids is 2. The molecule has 2 N–H and O–H groups in total. The van der Waals surface area contributed by atoms with Crippen LogP contribution in [0.25, 0.3) is 16.8 Å². The Labute approximate surface area is 158 Å². The zero-order valence-electron chi connectivity index (χ0n) is 15.1. The summed E-state index contributed by atoms with van der Waals surface area (Å²) < 4.78 is 6.56. The number of oxazole rings is 1. The van der Waals surface area contributed by atoms with Crippen LogP contribution in [0.5, 0.6) is 0 Å². The van der Waals surface area contributed by atoms with Crippen molar-refractivity contribution in [3.8, 4) is 5.69 Å². The van der Waals surface area contributed by atoms with Crippen LogP contribution in [0.2, 0.25) is 0 Å². The van der Waals surface area contributed by atoms with Crippen LogP contribution < -0.4 is 11.1 Å². The van der Waals surface area contributed by atoms with E-state index < -0.39 is 17.4 Å². The smallest absolute Gasteiger partial charge is 0.408 e. The van der Waals surface area contributed by atoms with E-state index in [1.165, 1.54) is 12.1 Å². The van der Waals surface area contributed by atoms with Crippen molar-refractivity contribution in [2.24, 2.45) is 0 Å². The zero-order chi connectivity index (χ0) is 19.8. The summed E-state index contributed by atoms with van der Waals surface area (Å²) in [5.41, 5.74) is 3.28. The monoisotopic (exact) mass is 376 g/mol. The Bertz CT molecular complexity index is 1260. The summed E-state index contributed by atoms with van der Waals surface area (Å²) in [7, 11) is 0. The van der Waals surface area contributed by atoms with Gasteiger partial charge in [-0.25, -0.2) is 9.48 Å². The van der Waals surface area contributed by atoms with Crippen molar-refractivity contribution in [1.82, 2.24) is 14.8 Å². The minimum Gasteiger partial charge on any atom is -0.408 e. The lowest BCUT2D eigenvalue weighted by Crippen LogP contribution is -2.24. The molecule has 2 aromatic carbocycles. The van der Waals surface area contributed by atoms with E-state index in [0.29, 0.717) is 28.2 Å². The van der Waals surface area contributed by atoms with Crippen molar-refractivity contribution in [1.29, 1.82) is 0 Å². The number of benzene rings is 2. The number of carbonyl (C=O) groups is 2. The molecule has 0 bridgehead atoms. The molecular formula is C20H16N4O4. The lowest BCUT2D eigenvalue weighted by Gasteiger charge is -2.06. The van der Waals surface area contributed by atoms with Gasteiger partial charge in [0.05, 0.1) is 28.2 Å². The molecule has 0 saturated carbocycles. The van der Waals surface area contributed by atoms with Gasteiger partial charge in [0.25, 0.3) is 11.7 Å². The highest BCUT2D eigenvalue weighted by Crippen LogP contribution is 2.20. The maximum Gasteiger partial charge on any atom is 0.417 e. The maximum absolute atomic E-state index is 12.8. The van der Waals surface area contributed by atoms with E-state index >= 15 is 0 Å². The average molecular weight is 376 g/mol. The zero-order valence-corrected chi connectivity index (χ0v) is 15.1. The Kier molecular flexibility index (Phi) is 4.15. The SMILES string of the molecule is Cc1nn(-c2ccccc2)c(C)c1C(=O)C(=O)Nc1ccc2oc(=O)[nH]c2c1. The molecular weight excluding hydrogens is 360 g/mol. The van der Waals surface area contributed by atoms with E-state index in [4.69, 9.17) is 4.42 Å². The molecule has 0 fully saturated rings. The molecule has 1 amide bonds. The minimum atomic E-state index is -0.788. The molecule has 0 aliphatic rings. The van der Waals surface area contributed by atoms with Crippen LogP contribution in [0.15, 0.2) is 57.7 Å². The predicted octanol–water partition coefficient (Wildman–Crippen LogP) is 2.75. The molecule has 0 atom stereocenters. The first-order valence-electron chi connectivity index (χ1n) is 8.54. The third-order valence-electron chi connectivity index (χ3n) is 4.40. The Hall–Kier alpha value is -3.94. The second kappa shape index (κ2) is 6.66. The lowest BCUT2D eigenvalue weighted by atomic mass is 10.1. The van der Waals surface area contributed by atoms with E-state index in [2.05, 4.69) is 15.4 Å². The second-order valence-electron chi connectivity index (χ2n) is 6.30. The van der Waals surface area contributed by atoms with Crippen LogP contribution in [0.4, 0.5) is 5.69 Å². The van der Waals surface area contributed by atoms with Gasteiger partial charge < -0.3 is 9.73 Å². The van der Waals surface area contributed by atoms with Crippen molar-refractivity contribution in [3.63, 3.8) is 0 Å². The van der Waals surface area contributed by atoms with Gasteiger partial charge in [0.15, 0.2) is 5.58 Å². The normalized spacial score (nSPS) is 10.9. The first-order valence-corrected chi connectivity index (χ1v) is 8.54. The summed E-state index contributed by atoms with van der Waals surface area (Å²) in [6.07, 6.45) is 0. The van der Waals surface area contributed by atoms with E-state index in [0.717, 1.165) is 5.69 Å². The fourth-order valence-electron chi connectivity index (χ4n) is 3.12. The van der Waals surface area contributed by atoms with Gasteiger partial charge in [0.2, 0.25) is 0 Å². The number of ketones is 1. The third-order valence-corrected chi connectivity index (χ3v) is 4.40. The molecule has 0 spiro atoms. The molecule has 140 valence electrons. The number of rotatable bonds is 4. The molecule has 8 nitrogen and oxygen atoms in total. The number of anilines is 1. The van der Waals surface area contributed by atoms with E-state index in [1.54, 1.807) is 24.6 Å². The first-order chi connectivity index (χ1) is 13.4. The van der Waals surface area contributed by atoms with Crippen molar-refractivity contribution < 1.29 is 14.0 Å². The van der Waals surface area contributed by atoms with Gasteiger partial charge in [-0.2, -0.15) is 5.10 Å². The number of Topliss-reactive ketones (excluding diaryl/α,β-unsaturated/α-hetero) is 1. The summed E-state index contributed by atoms with van der Waals surface area (Å²) in [5.74, 6) is -2.06. The quantitative estimate of drug-likeness (QED) is 0.420. The Balaban J connectivity index is 1.62. The summed E-state index contributed by atoms with van der Waals surface area (Å²) in [5, 5.41) is 6.95. The molecule has 28 heavy (non-hydrogen) atoms. The fourth-order valence-corrected chi connectivity index (χ4v) is 3.12. The minimum absolute atomic E-state index is 0.263. The molecule has 4 aromatic rings. The molecule has 0 radical (unpaired) electrons. The van der Waals surface area contributed by atoms with E-state index in [-0.39, 0.29) is 5.56 Å². The number of para-hydroxylation sites is 1. The molecule has 0 saturated heterocycles. The van der Waals surface area contributed by atoms with Crippen LogP contribution in [0, 0.1) is 13.8 Å². The molecule has 4 rings (SSSR count). The van der Waals surface area contributed by atoms with Gasteiger partial charge in [0, 0.05) is 5.69 Å². The molecule has 0 aliphatic heterocycles. The number of nitrogens with one attached hydrogen (secondary N) is 2.